The molecule has 0 spiro atoms. The SMILES string of the molecule is CCOC(=N)CCCl. The summed E-state index contributed by atoms with van der Waals surface area (Å²) in [5.74, 6) is 0.751. The van der Waals surface area contributed by atoms with Crippen molar-refractivity contribution in [2.24, 2.45) is 0 Å². The zero-order chi connectivity index (χ0) is 6.41. The van der Waals surface area contributed by atoms with Crippen molar-refractivity contribution in [3.8, 4) is 0 Å². The molecule has 0 saturated heterocycles. The normalized spacial score (nSPS) is 8.75. The van der Waals surface area contributed by atoms with Gasteiger partial charge in [0.1, 0.15) is 0 Å². The predicted octanol–water partition coefficient (Wildman–Crippen LogP) is 1.63. The third-order valence-electron chi connectivity index (χ3n) is 0.640. The van der Waals surface area contributed by atoms with Gasteiger partial charge in [0, 0.05) is 12.3 Å². The third kappa shape index (κ3) is 3.93. The van der Waals surface area contributed by atoms with Crippen LogP contribution >= 0.6 is 11.6 Å². The first kappa shape index (κ1) is 7.76. The number of halogens is 1. The molecule has 0 unspecified atom stereocenters. The first-order chi connectivity index (χ1) is 3.81. The van der Waals surface area contributed by atoms with E-state index in [0.29, 0.717) is 18.9 Å². The van der Waals surface area contributed by atoms with Crippen molar-refractivity contribution in [3.05, 3.63) is 0 Å². The second-order valence-electron chi connectivity index (χ2n) is 1.30. The quantitative estimate of drug-likeness (QED) is 0.356. The van der Waals surface area contributed by atoms with Crippen LogP contribution in [0.25, 0.3) is 0 Å². The molecule has 0 fully saturated rings. The molecule has 0 aliphatic rings. The monoisotopic (exact) mass is 135 g/mol. The summed E-state index contributed by atoms with van der Waals surface area (Å²) in [5.41, 5.74) is 0. The topological polar surface area (TPSA) is 33.1 Å². The van der Waals surface area contributed by atoms with Crippen LogP contribution in [0.5, 0.6) is 0 Å². The van der Waals surface area contributed by atoms with E-state index in [0.717, 1.165) is 0 Å². The van der Waals surface area contributed by atoms with E-state index in [1.807, 2.05) is 6.92 Å². The molecular formula is C5H10ClNO. The maximum absolute atomic E-state index is 6.98. The Morgan fingerprint density at radius 3 is 2.75 bits per heavy atom. The van der Waals surface area contributed by atoms with Gasteiger partial charge >= 0.3 is 0 Å². The molecule has 1 N–H and O–H groups in total. The van der Waals surface area contributed by atoms with Gasteiger partial charge in [-0.15, -0.1) is 11.6 Å². The predicted molar refractivity (Wildman–Crippen MR) is 34.7 cm³/mol. The Hall–Kier alpha value is -0.240. The summed E-state index contributed by atoms with van der Waals surface area (Å²) in [6, 6.07) is 0. The van der Waals surface area contributed by atoms with E-state index in [2.05, 4.69) is 0 Å². The van der Waals surface area contributed by atoms with Crippen LogP contribution in [0, 0.1) is 5.41 Å². The summed E-state index contributed by atoms with van der Waals surface area (Å²) in [7, 11) is 0. The standard InChI is InChI=1S/C5H10ClNO/c1-2-8-5(7)3-4-6/h7H,2-4H2,1H3. The maximum Gasteiger partial charge on any atom is 0.181 e. The number of rotatable bonds is 3. The molecule has 0 aliphatic carbocycles. The molecule has 48 valence electrons. The fourth-order valence-electron chi connectivity index (χ4n) is 0.332. The molecule has 0 bridgehead atoms. The molecule has 2 nitrogen and oxygen atoms in total. The lowest BCUT2D eigenvalue weighted by atomic mass is 10.5. The van der Waals surface area contributed by atoms with Gasteiger partial charge < -0.3 is 4.74 Å². The molecule has 0 aromatic rings. The van der Waals surface area contributed by atoms with E-state index in [4.69, 9.17) is 21.7 Å². The highest BCUT2D eigenvalue weighted by Crippen LogP contribution is 1.88. The zero-order valence-corrected chi connectivity index (χ0v) is 5.66. The first-order valence-electron chi connectivity index (χ1n) is 2.57. The Kier molecular flexibility index (Phi) is 4.76. The van der Waals surface area contributed by atoms with E-state index in [-0.39, 0.29) is 5.90 Å². The molecule has 3 heteroatoms. The minimum atomic E-state index is 0.280. The van der Waals surface area contributed by atoms with Gasteiger partial charge in [-0.2, -0.15) is 0 Å². The van der Waals surface area contributed by atoms with Crippen LogP contribution in [0.3, 0.4) is 0 Å². The second kappa shape index (κ2) is 4.91. The number of hydrogen-bond donors (Lipinski definition) is 1. The van der Waals surface area contributed by atoms with Crippen molar-refractivity contribution in [2.75, 3.05) is 12.5 Å². The average Bonchev–Trinajstić information content (AvgIpc) is 1.68. The van der Waals surface area contributed by atoms with Gasteiger partial charge in [-0.25, -0.2) is 0 Å². The van der Waals surface area contributed by atoms with Crippen LogP contribution in [0.1, 0.15) is 13.3 Å². The zero-order valence-electron chi connectivity index (χ0n) is 4.91. The Morgan fingerprint density at radius 2 is 2.38 bits per heavy atom. The number of ether oxygens (including phenoxy) is 1. The van der Waals surface area contributed by atoms with E-state index >= 15 is 0 Å². The average molecular weight is 136 g/mol. The number of nitrogens with one attached hydrogen (secondary N) is 1. The Morgan fingerprint density at radius 1 is 1.75 bits per heavy atom. The van der Waals surface area contributed by atoms with Crippen LogP contribution in [-0.2, 0) is 4.74 Å². The van der Waals surface area contributed by atoms with Crippen LogP contribution in [0.4, 0.5) is 0 Å². The third-order valence-corrected chi connectivity index (χ3v) is 0.829. The van der Waals surface area contributed by atoms with Crippen LogP contribution in [0.15, 0.2) is 0 Å². The summed E-state index contributed by atoms with van der Waals surface area (Å²) >= 11 is 5.31. The summed E-state index contributed by atoms with van der Waals surface area (Å²) < 4.78 is 4.78. The van der Waals surface area contributed by atoms with Gasteiger partial charge in [-0.05, 0) is 6.92 Å². The van der Waals surface area contributed by atoms with Crippen molar-refractivity contribution < 1.29 is 4.74 Å². The molecule has 0 aromatic carbocycles. The Balaban J connectivity index is 3.06. The molecule has 0 rings (SSSR count). The first-order valence-corrected chi connectivity index (χ1v) is 3.11. The summed E-state index contributed by atoms with van der Waals surface area (Å²) in [6.45, 7) is 2.42. The van der Waals surface area contributed by atoms with E-state index in [9.17, 15) is 0 Å². The Bertz CT molecular complexity index is 66.8. The van der Waals surface area contributed by atoms with Crippen molar-refractivity contribution in [1.29, 1.82) is 5.41 Å². The lowest BCUT2D eigenvalue weighted by Crippen LogP contribution is -2.02. The minimum absolute atomic E-state index is 0.280. The number of hydrogen-bond acceptors (Lipinski definition) is 2. The van der Waals surface area contributed by atoms with Gasteiger partial charge in [-0.3, -0.25) is 5.41 Å². The fourth-order valence-corrected chi connectivity index (χ4v) is 0.504. The highest BCUT2D eigenvalue weighted by atomic mass is 35.5. The van der Waals surface area contributed by atoms with Gasteiger partial charge in [0.2, 0.25) is 0 Å². The lowest BCUT2D eigenvalue weighted by molar-refractivity contribution is 0.316. The molecule has 0 saturated carbocycles. The molecule has 0 radical (unpaired) electrons. The van der Waals surface area contributed by atoms with E-state index in [1.165, 1.54) is 0 Å². The van der Waals surface area contributed by atoms with Gasteiger partial charge in [0.05, 0.1) is 6.61 Å². The van der Waals surface area contributed by atoms with Crippen molar-refractivity contribution in [2.45, 2.75) is 13.3 Å². The van der Waals surface area contributed by atoms with Crippen molar-refractivity contribution in [3.63, 3.8) is 0 Å². The molecule has 0 heterocycles. The lowest BCUT2D eigenvalue weighted by Gasteiger charge is -1.99. The molecule has 0 aromatic heterocycles. The van der Waals surface area contributed by atoms with Crippen molar-refractivity contribution >= 4 is 17.5 Å². The smallest absolute Gasteiger partial charge is 0.181 e. The Labute approximate surface area is 54.3 Å². The summed E-state index contributed by atoms with van der Waals surface area (Å²) in [5, 5.41) is 6.98. The van der Waals surface area contributed by atoms with E-state index < -0.39 is 0 Å². The highest BCUT2D eigenvalue weighted by molar-refractivity contribution is 6.18. The van der Waals surface area contributed by atoms with E-state index in [1.54, 1.807) is 0 Å². The number of alkyl halides is 1. The largest absolute Gasteiger partial charge is 0.481 e. The van der Waals surface area contributed by atoms with Crippen LogP contribution in [-0.4, -0.2) is 18.4 Å². The second-order valence-corrected chi connectivity index (χ2v) is 1.67. The van der Waals surface area contributed by atoms with Crippen molar-refractivity contribution in [1.82, 2.24) is 0 Å². The summed E-state index contributed by atoms with van der Waals surface area (Å²) in [4.78, 5) is 0. The summed E-state index contributed by atoms with van der Waals surface area (Å²) in [6.07, 6.45) is 0.537. The van der Waals surface area contributed by atoms with Crippen LogP contribution in [0.2, 0.25) is 0 Å². The van der Waals surface area contributed by atoms with Gasteiger partial charge in [-0.1, -0.05) is 0 Å². The van der Waals surface area contributed by atoms with Gasteiger partial charge in [0.15, 0.2) is 5.90 Å². The maximum atomic E-state index is 6.98. The highest BCUT2D eigenvalue weighted by Gasteiger charge is 1.91. The molecule has 8 heavy (non-hydrogen) atoms. The van der Waals surface area contributed by atoms with Gasteiger partial charge in [0.25, 0.3) is 0 Å². The van der Waals surface area contributed by atoms with Crippen LogP contribution < -0.4 is 0 Å². The fraction of sp³-hybridized carbons (Fsp3) is 0.800. The molecule has 0 aliphatic heterocycles. The minimum Gasteiger partial charge on any atom is -0.481 e. The molecule has 0 atom stereocenters. The molecule has 0 amide bonds. The molecular weight excluding hydrogens is 126 g/mol.